The van der Waals surface area contributed by atoms with Crippen molar-refractivity contribution in [2.45, 2.75) is 6.61 Å². The Hall–Kier alpha value is -2.69. The average molecular weight is 315 g/mol. The van der Waals surface area contributed by atoms with Crippen LogP contribution in [0.3, 0.4) is 0 Å². The summed E-state index contributed by atoms with van der Waals surface area (Å²) in [5.74, 6) is 0.137. The van der Waals surface area contributed by atoms with E-state index in [1.54, 1.807) is 19.2 Å². The van der Waals surface area contributed by atoms with E-state index in [-0.39, 0.29) is 18.1 Å². The smallest absolute Gasteiger partial charge is 0.205 e. The maximum atomic E-state index is 9.00. The molecule has 0 unspecified atom stereocenters. The highest BCUT2D eigenvalue weighted by atomic mass is 35.5. The minimum absolute atomic E-state index is 0.0246. The number of halogens is 1. The van der Waals surface area contributed by atoms with Crippen LogP contribution in [0.5, 0.6) is 0 Å². The zero-order valence-corrected chi connectivity index (χ0v) is 12.4. The van der Waals surface area contributed by atoms with Crippen LogP contribution in [0.1, 0.15) is 11.4 Å². The Morgan fingerprint density at radius 1 is 1.41 bits per heavy atom. The summed E-state index contributed by atoms with van der Waals surface area (Å²) in [6, 6.07) is 9.18. The molecular formula is C14H11ClN6O. The van der Waals surface area contributed by atoms with E-state index in [2.05, 4.69) is 15.3 Å². The van der Waals surface area contributed by atoms with Crippen molar-refractivity contribution in [2.24, 2.45) is 0 Å². The van der Waals surface area contributed by atoms with Crippen LogP contribution in [0.15, 0.2) is 24.3 Å². The van der Waals surface area contributed by atoms with Crippen molar-refractivity contribution in [1.82, 2.24) is 19.8 Å². The number of nitrogens with zero attached hydrogens (tertiary/aromatic N) is 5. The van der Waals surface area contributed by atoms with Crippen molar-refractivity contribution in [1.29, 1.82) is 5.26 Å². The van der Waals surface area contributed by atoms with Crippen molar-refractivity contribution in [2.75, 3.05) is 12.8 Å². The number of aromatic nitrogens is 4. The van der Waals surface area contributed by atoms with Gasteiger partial charge in [-0.15, -0.1) is 10.2 Å². The fourth-order valence-corrected chi connectivity index (χ4v) is 2.41. The summed E-state index contributed by atoms with van der Waals surface area (Å²) in [4.78, 5) is 0. The van der Waals surface area contributed by atoms with Gasteiger partial charge in [-0.05, 0) is 17.7 Å². The Kier molecular flexibility index (Phi) is 3.63. The van der Waals surface area contributed by atoms with Gasteiger partial charge >= 0.3 is 0 Å². The molecule has 2 aromatic heterocycles. The third-order valence-electron chi connectivity index (χ3n) is 3.15. The lowest BCUT2D eigenvalue weighted by molar-refractivity contribution is 0.181. The first-order valence-electron chi connectivity index (χ1n) is 6.34. The number of methoxy groups -OCH3 is 1. The van der Waals surface area contributed by atoms with Crippen molar-refractivity contribution in [3.63, 3.8) is 0 Å². The third kappa shape index (κ3) is 2.24. The summed E-state index contributed by atoms with van der Waals surface area (Å²) in [6.45, 7) is 0.270. The van der Waals surface area contributed by atoms with Crippen LogP contribution in [0.2, 0.25) is 5.02 Å². The molecule has 0 fully saturated rings. The van der Waals surface area contributed by atoms with Crippen LogP contribution in [0.25, 0.3) is 16.8 Å². The molecule has 0 saturated carbocycles. The molecule has 0 aliphatic rings. The number of hydrogen-bond donors (Lipinski definition) is 1. The molecule has 7 nitrogen and oxygen atoms in total. The Bertz CT molecular complexity index is 898. The van der Waals surface area contributed by atoms with E-state index in [0.717, 1.165) is 11.1 Å². The number of nitriles is 1. The molecule has 3 rings (SSSR count). The second-order valence-corrected chi connectivity index (χ2v) is 4.98. The number of nitrogen functional groups attached to an aromatic ring is 1. The largest absolute Gasteiger partial charge is 0.381 e. The van der Waals surface area contributed by atoms with E-state index in [9.17, 15) is 0 Å². The molecule has 0 spiro atoms. The molecule has 0 aliphatic carbocycles. The first kappa shape index (κ1) is 14.3. The normalized spacial score (nSPS) is 10.8. The molecule has 8 heteroatoms. The van der Waals surface area contributed by atoms with Gasteiger partial charge in [0.2, 0.25) is 5.69 Å². The first-order valence-corrected chi connectivity index (χ1v) is 6.72. The fourth-order valence-electron chi connectivity index (χ4n) is 2.22. The number of fused-ring (bicyclic) bond motifs is 1. The van der Waals surface area contributed by atoms with E-state index in [0.29, 0.717) is 16.4 Å². The molecule has 0 amide bonds. The molecule has 0 bridgehead atoms. The monoisotopic (exact) mass is 314 g/mol. The lowest BCUT2D eigenvalue weighted by atomic mass is 10.1. The molecule has 110 valence electrons. The molecule has 22 heavy (non-hydrogen) atoms. The van der Waals surface area contributed by atoms with Gasteiger partial charge in [-0.25, -0.2) is 0 Å². The summed E-state index contributed by atoms with van der Waals surface area (Å²) >= 11 is 6.06. The van der Waals surface area contributed by atoms with Crippen molar-refractivity contribution < 1.29 is 4.74 Å². The lowest BCUT2D eigenvalue weighted by Crippen LogP contribution is -2.06. The number of nitrogens with two attached hydrogens (primary N) is 1. The number of rotatable bonds is 3. The summed E-state index contributed by atoms with van der Waals surface area (Å²) in [6.07, 6.45) is 0. The molecule has 0 atom stereocenters. The van der Waals surface area contributed by atoms with Crippen LogP contribution >= 0.6 is 11.6 Å². The van der Waals surface area contributed by atoms with Crippen molar-refractivity contribution in [3.05, 3.63) is 40.7 Å². The zero-order chi connectivity index (χ0) is 15.7. The van der Waals surface area contributed by atoms with Gasteiger partial charge in [-0.1, -0.05) is 23.7 Å². The molecule has 0 radical (unpaired) electrons. The molecule has 1 aromatic carbocycles. The van der Waals surface area contributed by atoms with Crippen LogP contribution in [-0.4, -0.2) is 26.9 Å². The predicted octanol–water partition coefficient (Wildman–Crippen LogP) is 2.04. The topological polar surface area (TPSA) is 102 Å². The number of hydrogen-bond acceptors (Lipinski definition) is 6. The Morgan fingerprint density at radius 2 is 2.23 bits per heavy atom. The maximum Gasteiger partial charge on any atom is 0.205 e. The van der Waals surface area contributed by atoms with Crippen LogP contribution in [-0.2, 0) is 11.3 Å². The standard InChI is InChI=1S/C14H11ClN6O/c1-22-7-11-12(8-3-2-4-9(15)5-8)14-19-18-10(6-16)13(17)21(14)20-11/h2-5H,7,17H2,1H3. The first-order chi connectivity index (χ1) is 10.7. The highest BCUT2D eigenvalue weighted by molar-refractivity contribution is 6.30. The Labute approximate surface area is 130 Å². The lowest BCUT2D eigenvalue weighted by Gasteiger charge is -2.03. The highest BCUT2D eigenvalue weighted by Gasteiger charge is 2.19. The molecule has 0 saturated heterocycles. The average Bonchev–Trinajstić information content (AvgIpc) is 2.87. The Morgan fingerprint density at radius 3 is 2.91 bits per heavy atom. The molecule has 3 aromatic rings. The van der Waals surface area contributed by atoms with Gasteiger partial charge in [0.25, 0.3) is 0 Å². The highest BCUT2D eigenvalue weighted by Crippen LogP contribution is 2.30. The summed E-state index contributed by atoms with van der Waals surface area (Å²) < 4.78 is 6.58. The van der Waals surface area contributed by atoms with Gasteiger partial charge in [0.15, 0.2) is 11.5 Å². The summed E-state index contributed by atoms with van der Waals surface area (Å²) in [7, 11) is 1.57. The van der Waals surface area contributed by atoms with E-state index in [4.69, 9.17) is 27.3 Å². The maximum absolute atomic E-state index is 9.00. The number of ether oxygens (including phenoxy) is 1. The quantitative estimate of drug-likeness (QED) is 0.793. The van der Waals surface area contributed by atoms with Gasteiger partial charge in [0, 0.05) is 12.1 Å². The summed E-state index contributed by atoms with van der Waals surface area (Å²) in [5.41, 5.74) is 8.60. The predicted molar refractivity (Wildman–Crippen MR) is 81.1 cm³/mol. The molecular weight excluding hydrogens is 304 g/mol. The minimum Gasteiger partial charge on any atom is -0.381 e. The van der Waals surface area contributed by atoms with Gasteiger partial charge < -0.3 is 10.5 Å². The van der Waals surface area contributed by atoms with Gasteiger partial charge in [-0.2, -0.15) is 14.9 Å². The molecule has 2 N–H and O–H groups in total. The SMILES string of the molecule is COCc1nn2c(N)c(C#N)nnc2c1-c1cccc(Cl)c1. The van der Waals surface area contributed by atoms with Gasteiger partial charge in [-0.3, -0.25) is 0 Å². The zero-order valence-electron chi connectivity index (χ0n) is 11.6. The molecule has 0 aliphatic heterocycles. The van der Waals surface area contributed by atoms with Crippen LogP contribution < -0.4 is 5.73 Å². The second kappa shape index (κ2) is 5.60. The van der Waals surface area contributed by atoms with Gasteiger partial charge in [0.05, 0.1) is 17.9 Å². The van der Waals surface area contributed by atoms with E-state index in [1.807, 2.05) is 18.2 Å². The second-order valence-electron chi connectivity index (χ2n) is 4.55. The van der Waals surface area contributed by atoms with E-state index in [1.165, 1.54) is 4.52 Å². The third-order valence-corrected chi connectivity index (χ3v) is 3.38. The number of anilines is 1. The van der Waals surface area contributed by atoms with E-state index < -0.39 is 0 Å². The van der Waals surface area contributed by atoms with Crippen molar-refractivity contribution >= 4 is 23.1 Å². The summed E-state index contributed by atoms with van der Waals surface area (Å²) in [5, 5.41) is 21.9. The van der Waals surface area contributed by atoms with Crippen LogP contribution in [0.4, 0.5) is 5.82 Å². The fraction of sp³-hybridized carbons (Fsp3) is 0.143. The van der Waals surface area contributed by atoms with Crippen molar-refractivity contribution in [3.8, 4) is 17.2 Å². The molecule has 2 heterocycles. The Balaban J connectivity index is 2.34. The van der Waals surface area contributed by atoms with Gasteiger partial charge in [0.1, 0.15) is 6.07 Å². The van der Waals surface area contributed by atoms with Crippen LogP contribution in [0, 0.1) is 11.3 Å². The minimum atomic E-state index is 0.0246. The number of benzene rings is 1. The van der Waals surface area contributed by atoms with E-state index >= 15 is 0 Å².